The number of hydrogen-bond acceptors (Lipinski definition) is 2. The van der Waals surface area contributed by atoms with Gasteiger partial charge in [0.15, 0.2) is 0 Å². The van der Waals surface area contributed by atoms with E-state index in [1.807, 2.05) is 13.1 Å². The van der Waals surface area contributed by atoms with Crippen LogP contribution in [0.4, 0.5) is 10.1 Å². The quantitative estimate of drug-likeness (QED) is 0.673. The zero-order valence-corrected chi connectivity index (χ0v) is 9.24. The number of aromatic nitrogens is 3. The normalized spacial score (nSPS) is 11.2. The highest BCUT2D eigenvalue weighted by atomic mass is 19.1. The molecule has 3 aromatic rings. The molecule has 0 saturated carbocycles. The van der Waals surface area contributed by atoms with Crippen LogP contribution >= 0.6 is 0 Å². The first kappa shape index (κ1) is 9.89. The van der Waals surface area contributed by atoms with E-state index in [-0.39, 0.29) is 5.82 Å². The Morgan fingerprint density at radius 2 is 2.18 bits per heavy atom. The van der Waals surface area contributed by atoms with Gasteiger partial charge in [0.2, 0.25) is 0 Å². The summed E-state index contributed by atoms with van der Waals surface area (Å²) in [6.45, 7) is 0. The van der Waals surface area contributed by atoms with Gasteiger partial charge in [-0.25, -0.2) is 4.39 Å². The van der Waals surface area contributed by atoms with Gasteiger partial charge < -0.3 is 10.7 Å². The van der Waals surface area contributed by atoms with Crippen LogP contribution in [-0.2, 0) is 7.05 Å². The van der Waals surface area contributed by atoms with Crippen LogP contribution in [0.5, 0.6) is 0 Å². The number of nitrogens with one attached hydrogen (secondary N) is 1. The summed E-state index contributed by atoms with van der Waals surface area (Å²) in [5.74, 6) is -0.260. The highest BCUT2D eigenvalue weighted by molar-refractivity contribution is 5.87. The lowest BCUT2D eigenvalue weighted by molar-refractivity contribution is 0.629. The molecule has 0 aliphatic heterocycles. The first-order chi connectivity index (χ1) is 8.15. The Morgan fingerprint density at radius 3 is 2.88 bits per heavy atom. The Balaban J connectivity index is 2.25. The lowest BCUT2D eigenvalue weighted by Crippen LogP contribution is -1.95. The van der Waals surface area contributed by atoms with Gasteiger partial charge in [0.05, 0.1) is 17.6 Å². The molecule has 4 nitrogen and oxygen atoms in total. The summed E-state index contributed by atoms with van der Waals surface area (Å²) in [7, 11) is 1.82. The lowest BCUT2D eigenvalue weighted by Gasteiger charge is -1.99. The van der Waals surface area contributed by atoms with E-state index in [4.69, 9.17) is 5.73 Å². The van der Waals surface area contributed by atoms with Crippen LogP contribution in [0.2, 0.25) is 0 Å². The number of benzene rings is 1. The molecule has 0 spiro atoms. The van der Waals surface area contributed by atoms with Crippen LogP contribution in [0.3, 0.4) is 0 Å². The highest BCUT2D eigenvalue weighted by Gasteiger charge is 2.11. The topological polar surface area (TPSA) is 59.6 Å². The summed E-state index contributed by atoms with van der Waals surface area (Å²) in [6.07, 6.45) is 1.60. The molecule has 0 amide bonds. The number of nitrogens with two attached hydrogens (primary N) is 1. The fourth-order valence-corrected chi connectivity index (χ4v) is 2.01. The summed E-state index contributed by atoms with van der Waals surface area (Å²) in [6, 6.07) is 6.57. The fraction of sp³-hybridized carbons (Fsp3) is 0.0833. The van der Waals surface area contributed by atoms with E-state index in [1.54, 1.807) is 16.9 Å². The van der Waals surface area contributed by atoms with Crippen molar-refractivity contribution in [2.24, 2.45) is 7.05 Å². The van der Waals surface area contributed by atoms with Gasteiger partial charge in [-0.15, -0.1) is 0 Å². The van der Waals surface area contributed by atoms with Crippen LogP contribution < -0.4 is 5.73 Å². The number of nitrogens with zero attached hydrogens (tertiary/aromatic N) is 2. The van der Waals surface area contributed by atoms with E-state index < -0.39 is 0 Å². The van der Waals surface area contributed by atoms with Crippen molar-refractivity contribution in [3.8, 4) is 11.4 Å². The predicted molar refractivity (Wildman–Crippen MR) is 64.9 cm³/mol. The molecule has 0 bridgehead atoms. The lowest BCUT2D eigenvalue weighted by atomic mass is 10.2. The Morgan fingerprint density at radius 1 is 1.35 bits per heavy atom. The smallest absolute Gasteiger partial charge is 0.125 e. The van der Waals surface area contributed by atoms with Gasteiger partial charge in [-0.1, -0.05) is 0 Å². The molecule has 0 aliphatic carbocycles. The Kier molecular flexibility index (Phi) is 1.95. The Labute approximate surface area is 96.9 Å². The van der Waals surface area contributed by atoms with E-state index >= 15 is 0 Å². The first-order valence-corrected chi connectivity index (χ1v) is 5.21. The van der Waals surface area contributed by atoms with Crippen molar-refractivity contribution in [3.05, 3.63) is 36.3 Å². The van der Waals surface area contributed by atoms with Crippen LogP contribution in [-0.4, -0.2) is 14.8 Å². The number of aromatic amines is 1. The zero-order chi connectivity index (χ0) is 12.0. The van der Waals surface area contributed by atoms with Crippen molar-refractivity contribution >= 4 is 16.6 Å². The summed E-state index contributed by atoms with van der Waals surface area (Å²) < 4.78 is 14.8. The number of aryl methyl sites for hydroxylation is 1. The molecular weight excluding hydrogens is 219 g/mol. The third-order valence-electron chi connectivity index (χ3n) is 2.81. The molecule has 3 rings (SSSR count). The van der Waals surface area contributed by atoms with Crippen LogP contribution in [0, 0.1) is 5.82 Å². The zero-order valence-electron chi connectivity index (χ0n) is 9.24. The summed E-state index contributed by atoms with van der Waals surface area (Å²) in [4.78, 5) is 3.14. The highest BCUT2D eigenvalue weighted by Crippen LogP contribution is 2.27. The maximum atomic E-state index is 13.1. The average Bonchev–Trinajstić information content (AvgIpc) is 2.81. The van der Waals surface area contributed by atoms with E-state index in [0.717, 1.165) is 22.3 Å². The molecule has 0 aliphatic rings. The molecule has 0 radical (unpaired) electrons. The standard InChI is InChI=1S/C12H11FN4/c1-17-12(9(14)6-15-17)11-4-7-2-3-8(13)5-10(7)16-11/h2-6,16H,14H2,1H3. The minimum Gasteiger partial charge on any atom is -0.396 e. The van der Waals surface area contributed by atoms with Crippen LogP contribution in [0.1, 0.15) is 0 Å². The molecule has 2 heterocycles. The van der Waals surface area contributed by atoms with Gasteiger partial charge in [-0.2, -0.15) is 5.10 Å². The number of H-pyrrole nitrogens is 1. The van der Waals surface area contributed by atoms with Crippen LogP contribution in [0.15, 0.2) is 30.5 Å². The minimum atomic E-state index is -0.260. The van der Waals surface area contributed by atoms with Crippen molar-refractivity contribution in [3.63, 3.8) is 0 Å². The van der Waals surface area contributed by atoms with Crippen molar-refractivity contribution in [1.82, 2.24) is 14.8 Å². The Bertz CT molecular complexity index is 676. The second kappa shape index (κ2) is 3.35. The van der Waals surface area contributed by atoms with Gasteiger partial charge in [0.25, 0.3) is 0 Å². The van der Waals surface area contributed by atoms with Gasteiger partial charge in [0, 0.05) is 18.0 Å². The molecular formula is C12H11FN4. The molecule has 3 N–H and O–H groups in total. The molecule has 86 valence electrons. The summed E-state index contributed by atoms with van der Waals surface area (Å²) in [5.41, 5.74) is 8.84. The molecule has 2 aromatic heterocycles. The number of rotatable bonds is 1. The molecule has 0 unspecified atom stereocenters. The van der Waals surface area contributed by atoms with Crippen molar-refractivity contribution in [1.29, 1.82) is 0 Å². The van der Waals surface area contributed by atoms with Gasteiger partial charge in [0.1, 0.15) is 11.5 Å². The third-order valence-corrected chi connectivity index (χ3v) is 2.81. The molecule has 1 aromatic carbocycles. The predicted octanol–water partition coefficient (Wildman–Crippen LogP) is 2.29. The van der Waals surface area contributed by atoms with Crippen LogP contribution in [0.25, 0.3) is 22.3 Å². The SMILES string of the molecule is Cn1ncc(N)c1-c1cc2ccc(F)cc2[nH]1. The van der Waals surface area contributed by atoms with Gasteiger partial charge >= 0.3 is 0 Å². The number of halogens is 1. The molecule has 0 fully saturated rings. The van der Waals surface area contributed by atoms with E-state index in [9.17, 15) is 4.39 Å². The third kappa shape index (κ3) is 1.47. The fourth-order valence-electron chi connectivity index (χ4n) is 2.01. The monoisotopic (exact) mass is 230 g/mol. The average molecular weight is 230 g/mol. The maximum Gasteiger partial charge on any atom is 0.125 e. The molecule has 0 atom stereocenters. The second-order valence-corrected chi connectivity index (χ2v) is 3.99. The van der Waals surface area contributed by atoms with Crippen molar-refractivity contribution in [2.45, 2.75) is 0 Å². The summed E-state index contributed by atoms with van der Waals surface area (Å²) in [5, 5.41) is 5.02. The van der Waals surface area contributed by atoms with E-state index in [2.05, 4.69) is 10.1 Å². The van der Waals surface area contributed by atoms with Crippen molar-refractivity contribution in [2.75, 3.05) is 5.73 Å². The number of nitrogen functional groups attached to an aromatic ring is 1. The first-order valence-electron chi connectivity index (χ1n) is 5.21. The number of fused-ring (bicyclic) bond motifs is 1. The molecule has 17 heavy (non-hydrogen) atoms. The van der Waals surface area contributed by atoms with E-state index in [0.29, 0.717) is 5.69 Å². The van der Waals surface area contributed by atoms with Gasteiger partial charge in [-0.3, -0.25) is 4.68 Å². The molecule has 5 heteroatoms. The minimum absolute atomic E-state index is 0.260. The number of hydrogen-bond donors (Lipinski definition) is 2. The van der Waals surface area contributed by atoms with Crippen molar-refractivity contribution < 1.29 is 4.39 Å². The molecule has 0 saturated heterocycles. The maximum absolute atomic E-state index is 13.1. The number of anilines is 1. The van der Waals surface area contributed by atoms with E-state index in [1.165, 1.54) is 12.1 Å². The Hall–Kier alpha value is -2.30. The second-order valence-electron chi connectivity index (χ2n) is 3.99. The largest absolute Gasteiger partial charge is 0.396 e. The van der Waals surface area contributed by atoms with Gasteiger partial charge in [-0.05, 0) is 24.3 Å². The summed E-state index contributed by atoms with van der Waals surface area (Å²) >= 11 is 0.